The summed E-state index contributed by atoms with van der Waals surface area (Å²) in [5.41, 5.74) is 4.50. The number of thiazole rings is 2. The van der Waals surface area contributed by atoms with E-state index in [0.717, 1.165) is 39.4 Å². The third kappa shape index (κ3) is 5.21. The van der Waals surface area contributed by atoms with Crippen molar-refractivity contribution >= 4 is 39.9 Å². The average Bonchev–Trinajstić information content (AvgIpc) is 3.34. The van der Waals surface area contributed by atoms with Crippen LogP contribution in [-0.4, -0.2) is 35.2 Å². The lowest BCUT2D eigenvalue weighted by molar-refractivity contribution is -0.120. The van der Waals surface area contributed by atoms with Crippen LogP contribution in [0.4, 0.5) is 5.13 Å². The fraction of sp³-hybridized carbons (Fsp3) is 0.263. The first-order valence-corrected chi connectivity index (χ1v) is 10.4. The lowest BCUT2D eigenvalue weighted by Crippen LogP contribution is -2.21. The Morgan fingerprint density at radius 2 is 2.04 bits per heavy atom. The van der Waals surface area contributed by atoms with Gasteiger partial charge in [-0.2, -0.15) is 5.10 Å². The summed E-state index contributed by atoms with van der Waals surface area (Å²) >= 11 is 3.03. The largest absolute Gasteiger partial charge is 0.349 e. The zero-order valence-electron chi connectivity index (χ0n) is 15.3. The van der Waals surface area contributed by atoms with Crippen molar-refractivity contribution in [3.63, 3.8) is 0 Å². The van der Waals surface area contributed by atoms with Gasteiger partial charge >= 0.3 is 0 Å². The predicted molar refractivity (Wildman–Crippen MR) is 113 cm³/mol. The number of nitrogens with one attached hydrogen (secondary N) is 1. The Bertz CT molecular complexity index is 900. The highest BCUT2D eigenvalue weighted by Gasteiger charge is 2.09. The molecule has 0 radical (unpaired) electrons. The lowest BCUT2D eigenvalue weighted by Gasteiger charge is -2.16. The number of carbonyl (C=O) groups excluding carboxylic acids is 1. The van der Waals surface area contributed by atoms with E-state index in [1.807, 2.05) is 35.7 Å². The highest BCUT2D eigenvalue weighted by Crippen LogP contribution is 2.22. The van der Waals surface area contributed by atoms with Gasteiger partial charge in [0.05, 0.1) is 23.2 Å². The van der Waals surface area contributed by atoms with Crippen molar-refractivity contribution in [1.82, 2.24) is 15.4 Å². The molecule has 2 heterocycles. The minimum Gasteiger partial charge on any atom is -0.349 e. The molecule has 8 heteroatoms. The highest BCUT2D eigenvalue weighted by atomic mass is 32.1. The number of hydrogen-bond acceptors (Lipinski definition) is 7. The van der Waals surface area contributed by atoms with Gasteiger partial charge in [0.15, 0.2) is 5.13 Å². The van der Waals surface area contributed by atoms with E-state index in [4.69, 9.17) is 0 Å². The molecular formula is C19H21N5OS2. The molecule has 0 atom stereocenters. The second-order valence-corrected chi connectivity index (χ2v) is 7.66. The number of rotatable bonds is 8. The molecule has 0 aliphatic rings. The Labute approximate surface area is 166 Å². The molecule has 3 rings (SSSR count). The summed E-state index contributed by atoms with van der Waals surface area (Å²) < 4.78 is 0. The maximum absolute atomic E-state index is 12.1. The molecule has 6 nitrogen and oxygen atoms in total. The van der Waals surface area contributed by atoms with E-state index in [1.165, 1.54) is 11.3 Å². The van der Waals surface area contributed by atoms with Gasteiger partial charge in [-0.15, -0.1) is 11.3 Å². The summed E-state index contributed by atoms with van der Waals surface area (Å²) in [4.78, 5) is 24.1. The quantitative estimate of drug-likeness (QED) is 0.462. The molecule has 3 aromatic rings. The standard InChI is InChI=1S/C19H21N5OS2/c1-3-24(4-2)19-20-11-15(27-19)12-21-23-17(25)10-18-22-16(13-26-18)14-8-6-5-7-9-14/h5-9,11-13H,3-4,10H2,1-2H3,(H,23,25)/b21-12-. The van der Waals surface area contributed by atoms with Crippen molar-refractivity contribution in [1.29, 1.82) is 0 Å². The van der Waals surface area contributed by atoms with Crippen LogP contribution in [-0.2, 0) is 11.2 Å². The van der Waals surface area contributed by atoms with Gasteiger partial charge in [0.2, 0.25) is 5.91 Å². The minimum absolute atomic E-state index is 0.186. The molecule has 1 aromatic carbocycles. The molecule has 0 saturated carbocycles. The zero-order chi connectivity index (χ0) is 19.1. The predicted octanol–water partition coefficient (Wildman–Crippen LogP) is 3.81. The molecule has 0 bridgehead atoms. The van der Waals surface area contributed by atoms with E-state index in [2.05, 4.69) is 39.2 Å². The first-order valence-electron chi connectivity index (χ1n) is 8.72. The van der Waals surface area contributed by atoms with Gasteiger partial charge in [-0.3, -0.25) is 4.79 Å². The maximum atomic E-state index is 12.1. The van der Waals surface area contributed by atoms with Crippen LogP contribution in [0.15, 0.2) is 47.0 Å². The summed E-state index contributed by atoms with van der Waals surface area (Å²) in [6.45, 7) is 6.02. The normalized spacial score (nSPS) is 11.0. The van der Waals surface area contributed by atoms with Gasteiger partial charge in [-0.1, -0.05) is 41.7 Å². The molecule has 0 aliphatic heterocycles. The first kappa shape index (κ1) is 19.2. The third-order valence-electron chi connectivity index (χ3n) is 3.86. The summed E-state index contributed by atoms with van der Waals surface area (Å²) in [6, 6.07) is 9.92. The van der Waals surface area contributed by atoms with Crippen LogP contribution >= 0.6 is 22.7 Å². The van der Waals surface area contributed by atoms with E-state index in [0.29, 0.717) is 0 Å². The molecule has 27 heavy (non-hydrogen) atoms. The number of amides is 1. The summed E-state index contributed by atoms with van der Waals surface area (Å²) in [5.74, 6) is -0.186. The molecule has 0 spiro atoms. The molecule has 140 valence electrons. The van der Waals surface area contributed by atoms with Gasteiger partial charge in [-0.05, 0) is 13.8 Å². The highest BCUT2D eigenvalue weighted by molar-refractivity contribution is 7.17. The van der Waals surface area contributed by atoms with Gasteiger partial charge in [0.25, 0.3) is 0 Å². The van der Waals surface area contributed by atoms with E-state index in [1.54, 1.807) is 23.7 Å². The number of anilines is 1. The van der Waals surface area contributed by atoms with E-state index < -0.39 is 0 Å². The van der Waals surface area contributed by atoms with Gasteiger partial charge in [0.1, 0.15) is 5.01 Å². The van der Waals surface area contributed by atoms with Crippen LogP contribution in [0.2, 0.25) is 0 Å². The van der Waals surface area contributed by atoms with Crippen LogP contribution in [0.5, 0.6) is 0 Å². The number of hydrogen-bond donors (Lipinski definition) is 1. The number of benzene rings is 1. The monoisotopic (exact) mass is 399 g/mol. The second-order valence-electron chi connectivity index (χ2n) is 5.68. The third-order valence-corrected chi connectivity index (χ3v) is 5.70. The van der Waals surface area contributed by atoms with Crippen LogP contribution < -0.4 is 10.3 Å². The van der Waals surface area contributed by atoms with Crippen LogP contribution in [0.1, 0.15) is 23.7 Å². The Morgan fingerprint density at radius 3 is 2.78 bits per heavy atom. The van der Waals surface area contributed by atoms with Crippen LogP contribution in [0, 0.1) is 0 Å². The average molecular weight is 400 g/mol. The fourth-order valence-corrected chi connectivity index (χ4v) is 4.17. The first-order chi connectivity index (χ1) is 13.2. The smallest absolute Gasteiger partial charge is 0.246 e. The van der Waals surface area contributed by atoms with Crippen molar-refractivity contribution in [2.24, 2.45) is 5.10 Å². The lowest BCUT2D eigenvalue weighted by atomic mass is 10.2. The molecule has 0 aliphatic carbocycles. The Balaban J connectivity index is 1.53. The zero-order valence-corrected chi connectivity index (χ0v) is 16.9. The molecule has 0 unspecified atom stereocenters. The van der Waals surface area contributed by atoms with E-state index >= 15 is 0 Å². The fourth-order valence-electron chi connectivity index (χ4n) is 2.46. The van der Waals surface area contributed by atoms with Crippen molar-refractivity contribution in [3.05, 3.63) is 51.8 Å². The van der Waals surface area contributed by atoms with Crippen LogP contribution in [0.25, 0.3) is 11.3 Å². The van der Waals surface area contributed by atoms with Crippen LogP contribution in [0.3, 0.4) is 0 Å². The summed E-state index contributed by atoms with van der Waals surface area (Å²) in [5, 5.41) is 7.73. The van der Waals surface area contributed by atoms with Gasteiger partial charge in [0, 0.05) is 30.2 Å². The number of nitrogens with zero attached hydrogens (tertiary/aromatic N) is 4. The maximum Gasteiger partial charge on any atom is 0.246 e. The van der Waals surface area contributed by atoms with Gasteiger partial charge in [-0.25, -0.2) is 15.4 Å². The topological polar surface area (TPSA) is 70.5 Å². The van der Waals surface area contributed by atoms with Crippen molar-refractivity contribution in [2.45, 2.75) is 20.3 Å². The summed E-state index contributed by atoms with van der Waals surface area (Å²) in [7, 11) is 0. The Morgan fingerprint density at radius 1 is 1.26 bits per heavy atom. The minimum atomic E-state index is -0.186. The van der Waals surface area contributed by atoms with Crippen molar-refractivity contribution < 1.29 is 4.79 Å². The Kier molecular flexibility index (Phi) is 6.67. The SMILES string of the molecule is CCN(CC)c1ncc(/C=N\NC(=O)Cc2nc(-c3ccccc3)cs2)s1. The van der Waals surface area contributed by atoms with E-state index in [9.17, 15) is 4.79 Å². The molecular weight excluding hydrogens is 378 g/mol. The molecule has 0 fully saturated rings. The number of hydrazone groups is 1. The Hall–Kier alpha value is -2.58. The summed E-state index contributed by atoms with van der Waals surface area (Å²) in [6.07, 6.45) is 3.60. The molecule has 1 amide bonds. The second kappa shape index (κ2) is 9.38. The van der Waals surface area contributed by atoms with Gasteiger partial charge < -0.3 is 4.90 Å². The molecule has 0 saturated heterocycles. The number of aromatic nitrogens is 2. The molecule has 2 aromatic heterocycles. The van der Waals surface area contributed by atoms with E-state index in [-0.39, 0.29) is 12.3 Å². The van der Waals surface area contributed by atoms with Crippen molar-refractivity contribution in [3.8, 4) is 11.3 Å². The number of carbonyl (C=O) groups is 1. The van der Waals surface area contributed by atoms with Crippen molar-refractivity contribution in [2.75, 3.05) is 18.0 Å². The molecule has 1 N–H and O–H groups in total.